The minimum atomic E-state index is -0.663. The number of amides is 1. The Kier molecular flexibility index (Phi) is 4.41. The number of benzene rings is 2. The monoisotopic (exact) mass is 396 g/mol. The lowest BCUT2D eigenvalue weighted by Gasteiger charge is -2.27. The highest BCUT2D eigenvalue weighted by Crippen LogP contribution is 2.51. The van der Waals surface area contributed by atoms with Crippen LogP contribution in [0.4, 0.5) is 11.4 Å². The van der Waals surface area contributed by atoms with Crippen molar-refractivity contribution in [3.63, 3.8) is 0 Å². The summed E-state index contributed by atoms with van der Waals surface area (Å²) in [6, 6.07) is 8.76. The number of phenolic OH excluding ortho intramolecular Hbond substituents is 2. The third-order valence-corrected chi connectivity index (χ3v) is 6.16. The molecule has 0 bridgehead atoms. The highest BCUT2D eigenvalue weighted by Gasteiger charge is 2.51. The van der Waals surface area contributed by atoms with Crippen LogP contribution in [0.2, 0.25) is 0 Å². The van der Waals surface area contributed by atoms with Crippen LogP contribution in [-0.4, -0.2) is 29.3 Å². The summed E-state index contributed by atoms with van der Waals surface area (Å²) in [7, 11) is 1.63. The van der Waals surface area contributed by atoms with Crippen LogP contribution in [0.15, 0.2) is 30.3 Å². The molecule has 6 heteroatoms. The highest BCUT2D eigenvalue weighted by atomic mass is 16.5. The first-order valence-corrected chi connectivity index (χ1v) is 9.95. The van der Waals surface area contributed by atoms with E-state index in [1.807, 2.05) is 12.1 Å². The first kappa shape index (κ1) is 19.4. The average Bonchev–Trinajstić information content (AvgIpc) is 3.35. The fraction of sp³-hybridized carbons (Fsp3) is 0.435. The molecule has 2 aliphatic rings. The second-order valence-electron chi connectivity index (χ2n) is 9.22. The molecule has 1 unspecified atom stereocenters. The van der Waals surface area contributed by atoms with Gasteiger partial charge in [0.05, 0.1) is 18.2 Å². The summed E-state index contributed by atoms with van der Waals surface area (Å²) < 4.78 is 5.58. The molecule has 1 saturated carbocycles. The zero-order valence-corrected chi connectivity index (χ0v) is 17.3. The minimum absolute atomic E-state index is 0.104. The quantitative estimate of drug-likeness (QED) is 0.583. The standard InChI is InChI=1S/C23H28N2O4/c1-22(2,3)19-10-13-9-15(12-18(29-4)20(13)25-19)24-21(28)23(7-8-23)14-5-6-16(26)17(27)11-14/h5-6,9,11-12,19,25-27H,7-8,10H2,1-4H3,(H,24,28). The van der Waals surface area contributed by atoms with Crippen LogP contribution in [0, 0.1) is 5.41 Å². The summed E-state index contributed by atoms with van der Waals surface area (Å²) >= 11 is 0. The summed E-state index contributed by atoms with van der Waals surface area (Å²) in [5.74, 6) is 0.217. The van der Waals surface area contributed by atoms with Crippen molar-refractivity contribution in [2.75, 3.05) is 17.7 Å². The number of hydrogen-bond acceptors (Lipinski definition) is 5. The van der Waals surface area contributed by atoms with Gasteiger partial charge in [0.2, 0.25) is 5.91 Å². The van der Waals surface area contributed by atoms with Gasteiger partial charge in [0.1, 0.15) is 5.75 Å². The molecular weight excluding hydrogens is 368 g/mol. The summed E-state index contributed by atoms with van der Waals surface area (Å²) in [5, 5.41) is 26.0. The molecule has 1 aliphatic carbocycles. The van der Waals surface area contributed by atoms with Gasteiger partial charge in [-0.25, -0.2) is 0 Å². The van der Waals surface area contributed by atoms with Crippen molar-refractivity contribution in [1.82, 2.24) is 0 Å². The Hall–Kier alpha value is -2.89. The van der Waals surface area contributed by atoms with Crippen molar-refractivity contribution in [3.8, 4) is 17.2 Å². The van der Waals surface area contributed by atoms with Gasteiger partial charge in [0.15, 0.2) is 11.5 Å². The van der Waals surface area contributed by atoms with E-state index in [1.54, 1.807) is 13.2 Å². The van der Waals surface area contributed by atoms with Gasteiger partial charge >= 0.3 is 0 Å². The Morgan fingerprint density at radius 1 is 1.17 bits per heavy atom. The van der Waals surface area contributed by atoms with Crippen molar-refractivity contribution >= 4 is 17.3 Å². The number of rotatable bonds is 4. The Morgan fingerprint density at radius 3 is 2.48 bits per heavy atom. The lowest BCUT2D eigenvalue weighted by molar-refractivity contribution is -0.118. The van der Waals surface area contributed by atoms with E-state index in [-0.39, 0.29) is 22.8 Å². The van der Waals surface area contributed by atoms with Crippen molar-refractivity contribution in [2.45, 2.75) is 51.5 Å². The summed E-state index contributed by atoms with van der Waals surface area (Å²) in [6.45, 7) is 6.61. The van der Waals surface area contributed by atoms with Gasteiger partial charge in [-0.15, -0.1) is 0 Å². The van der Waals surface area contributed by atoms with Gasteiger partial charge in [-0.2, -0.15) is 0 Å². The Balaban J connectivity index is 1.59. The van der Waals surface area contributed by atoms with Crippen molar-refractivity contribution in [3.05, 3.63) is 41.5 Å². The maximum atomic E-state index is 13.1. The molecule has 0 aromatic heterocycles. The molecule has 2 aromatic carbocycles. The molecule has 1 amide bonds. The highest BCUT2D eigenvalue weighted by molar-refractivity contribution is 6.02. The summed E-state index contributed by atoms with van der Waals surface area (Å²) in [6.07, 6.45) is 2.29. The zero-order valence-electron chi connectivity index (χ0n) is 17.3. The van der Waals surface area contributed by atoms with Crippen molar-refractivity contribution in [1.29, 1.82) is 0 Å². The first-order chi connectivity index (χ1) is 13.6. The molecule has 2 aromatic rings. The van der Waals surface area contributed by atoms with Crippen LogP contribution in [0.1, 0.15) is 44.7 Å². The number of ether oxygens (including phenoxy) is 1. The van der Waals surface area contributed by atoms with Gasteiger partial charge in [0, 0.05) is 17.8 Å². The molecule has 4 N–H and O–H groups in total. The molecule has 1 aliphatic heterocycles. The van der Waals surface area contributed by atoms with Gasteiger partial charge < -0.3 is 25.6 Å². The zero-order chi connectivity index (χ0) is 21.0. The smallest absolute Gasteiger partial charge is 0.235 e. The normalized spacial score (nSPS) is 19.2. The number of carbonyl (C=O) groups is 1. The predicted molar refractivity (Wildman–Crippen MR) is 113 cm³/mol. The van der Waals surface area contributed by atoms with Gasteiger partial charge in [-0.05, 0) is 54.0 Å². The van der Waals surface area contributed by atoms with Crippen LogP contribution in [0.3, 0.4) is 0 Å². The molecule has 0 spiro atoms. The maximum absolute atomic E-state index is 13.1. The number of anilines is 2. The molecule has 0 radical (unpaired) electrons. The number of hydrogen-bond donors (Lipinski definition) is 4. The third-order valence-electron chi connectivity index (χ3n) is 6.16. The maximum Gasteiger partial charge on any atom is 0.235 e. The van der Waals surface area contributed by atoms with E-state index < -0.39 is 5.41 Å². The minimum Gasteiger partial charge on any atom is -0.504 e. The number of phenols is 2. The average molecular weight is 396 g/mol. The number of carbonyl (C=O) groups excluding carboxylic acids is 1. The fourth-order valence-corrected chi connectivity index (χ4v) is 4.04. The van der Waals surface area contributed by atoms with Crippen LogP contribution < -0.4 is 15.4 Å². The molecule has 154 valence electrons. The Bertz CT molecular complexity index is 974. The third kappa shape index (κ3) is 3.37. The van der Waals surface area contributed by atoms with E-state index in [1.165, 1.54) is 12.1 Å². The van der Waals surface area contributed by atoms with Crippen molar-refractivity contribution in [2.24, 2.45) is 5.41 Å². The largest absolute Gasteiger partial charge is 0.504 e. The van der Waals surface area contributed by atoms with Crippen LogP contribution >= 0.6 is 0 Å². The molecule has 0 saturated heterocycles. The predicted octanol–water partition coefficient (Wildman–Crippen LogP) is 4.16. The molecule has 1 atom stereocenters. The van der Waals surface area contributed by atoms with Crippen LogP contribution in [0.5, 0.6) is 17.2 Å². The van der Waals surface area contributed by atoms with E-state index in [0.717, 1.165) is 23.4 Å². The summed E-state index contributed by atoms with van der Waals surface area (Å²) in [5.41, 5.74) is 2.99. The molecule has 29 heavy (non-hydrogen) atoms. The van der Waals surface area contributed by atoms with Gasteiger partial charge in [0.25, 0.3) is 0 Å². The molecule has 1 fully saturated rings. The van der Waals surface area contributed by atoms with E-state index in [0.29, 0.717) is 30.1 Å². The SMILES string of the molecule is COc1cc(NC(=O)C2(c3ccc(O)c(O)c3)CC2)cc2c1NC(C(C)(C)C)C2. The number of fused-ring (bicyclic) bond motifs is 1. The van der Waals surface area contributed by atoms with E-state index >= 15 is 0 Å². The van der Waals surface area contributed by atoms with Crippen LogP contribution in [0.25, 0.3) is 0 Å². The van der Waals surface area contributed by atoms with E-state index in [2.05, 4.69) is 31.4 Å². The summed E-state index contributed by atoms with van der Waals surface area (Å²) in [4.78, 5) is 13.1. The lowest BCUT2D eigenvalue weighted by Crippen LogP contribution is -2.31. The second-order valence-corrected chi connectivity index (χ2v) is 9.22. The molecular formula is C23H28N2O4. The number of aromatic hydroxyl groups is 2. The topological polar surface area (TPSA) is 90.8 Å². The van der Waals surface area contributed by atoms with Gasteiger partial charge in [-0.3, -0.25) is 4.79 Å². The van der Waals surface area contributed by atoms with E-state index in [9.17, 15) is 15.0 Å². The number of methoxy groups -OCH3 is 1. The molecule has 6 nitrogen and oxygen atoms in total. The molecule has 4 rings (SSSR count). The second kappa shape index (κ2) is 6.58. The Labute approximate surface area is 170 Å². The van der Waals surface area contributed by atoms with Gasteiger partial charge in [-0.1, -0.05) is 26.8 Å². The van der Waals surface area contributed by atoms with Crippen molar-refractivity contribution < 1.29 is 19.7 Å². The molecule has 1 heterocycles. The fourth-order valence-electron chi connectivity index (χ4n) is 4.04. The lowest BCUT2D eigenvalue weighted by atomic mass is 9.85. The van der Waals surface area contributed by atoms with E-state index in [4.69, 9.17) is 4.74 Å². The number of nitrogens with one attached hydrogen (secondary N) is 2. The van der Waals surface area contributed by atoms with Crippen LogP contribution in [-0.2, 0) is 16.6 Å². The Morgan fingerprint density at radius 2 is 1.90 bits per heavy atom. The first-order valence-electron chi connectivity index (χ1n) is 9.95.